The van der Waals surface area contributed by atoms with E-state index in [0.29, 0.717) is 11.3 Å². The van der Waals surface area contributed by atoms with Crippen LogP contribution < -0.4 is 4.74 Å². The van der Waals surface area contributed by atoms with E-state index in [-0.39, 0.29) is 6.61 Å². The summed E-state index contributed by atoms with van der Waals surface area (Å²) in [5.74, 6) is 0.118. The van der Waals surface area contributed by atoms with Gasteiger partial charge in [-0.25, -0.2) is 4.79 Å². The Morgan fingerprint density at radius 3 is 2.35 bits per heavy atom. The topological polar surface area (TPSA) is 46.5 Å². The molecule has 0 aliphatic heterocycles. The van der Waals surface area contributed by atoms with Crippen LogP contribution >= 0.6 is 0 Å². The van der Waals surface area contributed by atoms with Gasteiger partial charge in [0.1, 0.15) is 5.75 Å². The Bertz CT molecular complexity index is 699. The van der Waals surface area contributed by atoms with E-state index < -0.39 is 5.97 Å². The van der Waals surface area contributed by atoms with Crippen molar-refractivity contribution in [2.45, 2.75) is 33.3 Å². The highest BCUT2D eigenvalue weighted by Crippen LogP contribution is 2.32. The van der Waals surface area contributed by atoms with Gasteiger partial charge >= 0.3 is 5.97 Å². The lowest BCUT2D eigenvalue weighted by atomic mass is 10.00. The third kappa shape index (κ3) is 4.30. The molecule has 0 aromatic heterocycles. The summed E-state index contributed by atoms with van der Waals surface area (Å²) in [6.45, 7) is 7.38. The van der Waals surface area contributed by atoms with Crippen molar-refractivity contribution in [1.82, 2.24) is 0 Å². The summed E-state index contributed by atoms with van der Waals surface area (Å²) in [4.78, 5) is 11.9. The summed E-state index contributed by atoms with van der Waals surface area (Å²) < 4.78 is 5.52. The SMILES string of the molecule is C=C(C)C(=O)Oc1cc(CCC)ccc1-c1ccc(CO)cc1. The molecule has 2 rings (SSSR count). The number of aliphatic hydroxyl groups excluding tert-OH is 1. The van der Waals surface area contributed by atoms with Gasteiger partial charge in [-0.1, -0.05) is 56.3 Å². The molecular formula is C20H22O3. The summed E-state index contributed by atoms with van der Waals surface area (Å²) in [6, 6.07) is 13.5. The van der Waals surface area contributed by atoms with Crippen LogP contribution in [0.3, 0.4) is 0 Å². The molecule has 2 aromatic rings. The maximum atomic E-state index is 11.9. The standard InChI is InChI=1S/C20H22O3/c1-4-5-15-8-11-18(17-9-6-16(13-21)7-10-17)19(12-15)23-20(22)14(2)3/h6-12,21H,2,4-5,13H2,1,3H3. The second kappa shape index (κ2) is 7.75. The number of hydrogen-bond acceptors (Lipinski definition) is 3. The van der Waals surface area contributed by atoms with Crippen LogP contribution in [0.1, 0.15) is 31.4 Å². The van der Waals surface area contributed by atoms with Crippen molar-refractivity contribution >= 4 is 5.97 Å². The molecule has 0 aliphatic carbocycles. The summed E-state index contributed by atoms with van der Waals surface area (Å²) in [7, 11) is 0. The van der Waals surface area contributed by atoms with Gasteiger partial charge in [-0.2, -0.15) is 0 Å². The van der Waals surface area contributed by atoms with Gasteiger partial charge in [-0.05, 0) is 36.1 Å². The minimum Gasteiger partial charge on any atom is -0.423 e. The number of hydrogen-bond donors (Lipinski definition) is 1. The molecule has 0 spiro atoms. The number of ether oxygens (including phenoxy) is 1. The smallest absolute Gasteiger partial charge is 0.338 e. The highest BCUT2D eigenvalue weighted by Gasteiger charge is 2.12. The third-order valence-corrected chi connectivity index (χ3v) is 3.58. The fraction of sp³-hybridized carbons (Fsp3) is 0.250. The zero-order chi connectivity index (χ0) is 16.8. The Hall–Kier alpha value is -2.39. The maximum absolute atomic E-state index is 11.9. The first-order chi connectivity index (χ1) is 11.0. The number of esters is 1. The average molecular weight is 310 g/mol. The maximum Gasteiger partial charge on any atom is 0.338 e. The van der Waals surface area contributed by atoms with Crippen molar-refractivity contribution in [3.8, 4) is 16.9 Å². The second-order valence-electron chi connectivity index (χ2n) is 5.61. The van der Waals surface area contributed by atoms with E-state index in [9.17, 15) is 4.79 Å². The minimum absolute atomic E-state index is 0.00716. The third-order valence-electron chi connectivity index (χ3n) is 3.58. The summed E-state index contributed by atoms with van der Waals surface area (Å²) >= 11 is 0. The van der Waals surface area contributed by atoms with Crippen LogP contribution in [0.25, 0.3) is 11.1 Å². The Morgan fingerprint density at radius 1 is 1.13 bits per heavy atom. The number of aryl methyl sites for hydroxylation is 1. The first kappa shape index (κ1) is 17.0. The van der Waals surface area contributed by atoms with E-state index in [1.54, 1.807) is 6.92 Å². The quantitative estimate of drug-likeness (QED) is 0.492. The van der Waals surface area contributed by atoms with Crippen LogP contribution in [0, 0.1) is 0 Å². The van der Waals surface area contributed by atoms with Crippen LogP contribution in [0.4, 0.5) is 0 Å². The molecule has 0 bridgehead atoms. The van der Waals surface area contributed by atoms with E-state index in [4.69, 9.17) is 9.84 Å². The van der Waals surface area contributed by atoms with Crippen LogP contribution in [-0.4, -0.2) is 11.1 Å². The molecule has 23 heavy (non-hydrogen) atoms. The Labute approximate surface area is 137 Å². The van der Waals surface area contributed by atoms with Gasteiger partial charge < -0.3 is 9.84 Å². The van der Waals surface area contributed by atoms with Gasteiger partial charge in [0.25, 0.3) is 0 Å². The molecule has 0 unspecified atom stereocenters. The van der Waals surface area contributed by atoms with Crippen LogP contribution in [0.15, 0.2) is 54.6 Å². The summed E-state index contributed by atoms with van der Waals surface area (Å²) in [5.41, 5.74) is 4.13. The monoisotopic (exact) mass is 310 g/mol. The van der Waals surface area contributed by atoms with Gasteiger partial charge in [0.05, 0.1) is 6.61 Å². The van der Waals surface area contributed by atoms with Gasteiger partial charge in [0, 0.05) is 11.1 Å². The van der Waals surface area contributed by atoms with Gasteiger partial charge in [-0.3, -0.25) is 0 Å². The first-order valence-electron chi connectivity index (χ1n) is 7.76. The van der Waals surface area contributed by atoms with Crippen LogP contribution in [0.5, 0.6) is 5.75 Å². The minimum atomic E-state index is -0.424. The molecule has 3 heteroatoms. The average Bonchev–Trinajstić information content (AvgIpc) is 2.55. The molecule has 0 saturated carbocycles. The van der Waals surface area contributed by atoms with Crippen molar-refractivity contribution < 1.29 is 14.6 Å². The number of aliphatic hydroxyl groups is 1. The van der Waals surface area contributed by atoms with Gasteiger partial charge in [0.2, 0.25) is 0 Å². The van der Waals surface area contributed by atoms with Crippen LogP contribution in [-0.2, 0) is 17.8 Å². The predicted octanol–water partition coefficient (Wildman–Crippen LogP) is 4.28. The van der Waals surface area contributed by atoms with Crippen molar-refractivity contribution in [1.29, 1.82) is 0 Å². The zero-order valence-electron chi connectivity index (χ0n) is 13.6. The van der Waals surface area contributed by atoms with Crippen molar-refractivity contribution in [2.24, 2.45) is 0 Å². The molecule has 0 radical (unpaired) electrons. The van der Waals surface area contributed by atoms with E-state index in [0.717, 1.165) is 35.1 Å². The van der Waals surface area contributed by atoms with Crippen molar-refractivity contribution in [3.05, 3.63) is 65.7 Å². The number of benzene rings is 2. The van der Waals surface area contributed by atoms with E-state index in [1.807, 2.05) is 36.4 Å². The lowest BCUT2D eigenvalue weighted by molar-refractivity contribution is -0.130. The van der Waals surface area contributed by atoms with Gasteiger partial charge in [-0.15, -0.1) is 0 Å². The largest absolute Gasteiger partial charge is 0.423 e. The predicted molar refractivity (Wildman–Crippen MR) is 92.2 cm³/mol. The Balaban J connectivity index is 2.43. The second-order valence-corrected chi connectivity index (χ2v) is 5.61. The van der Waals surface area contributed by atoms with Gasteiger partial charge in [0.15, 0.2) is 0 Å². The highest BCUT2D eigenvalue weighted by molar-refractivity contribution is 5.90. The molecule has 3 nitrogen and oxygen atoms in total. The lowest BCUT2D eigenvalue weighted by Gasteiger charge is -2.13. The van der Waals surface area contributed by atoms with Crippen LogP contribution in [0.2, 0.25) is 0 Å². The number of rotatable bonds is 6. The van der Waals surface area contributed by atoms with E-state index in [1.165, 1.54) is 0 Å². The molecular weight excluding hydrogens is 288 g/mol. The number of carbonyl (C=O) groups is 1. The van der Waals surface area contributed by atoms with E-state index >= 15 is 0 Å². The zero-order valence-corrected chi connectivity index (χ0v) is 13.6. The summed E-state index contributed by atoms with van der Waals surface area (Å²) in [6.07, 6.45) is 1.96. The molecule has 0 atom stereocenters. The Kier molecular flexibility index (Phi) is 5.72. The fourth-order valence-corrected chi connectivity index (χ4v) is 2.31. The molecule has 0 aliphatic rings. The van der Waals surface area contributed by atoms with E-state index in [2.05, 4.69) is 19.6 Å². The first-order valence-corrected chi connectivity index (χ1v) is 7.76. The summed E-state index contributed by atoms with van der Waals surface area (Å²) in [5, 5.41) is 9.15. The molecule has 0 amide bonds. The molecule has 1 N–H and O–H groups in total. The molecule has 0 saturated heterocycles. The molecule has 2 aromatic carbocycles. The van der Waals surface area contributed by atoms with Crippen molar-refractivity contribution in [3.63, 3.8) is 0 Å². The lowest BCUT2D eigenvalue weighted by Crippen LogP contribution is -2.09. The fourth-order valence-electron chi connectivity index (χ4n) is 2.31. The molecule has 120 valence electrons. The molecule has 0 heterocycles. The normalized spacial score (nSPS) is 10.4. The Morgan fingerprint density at radius 2 is 1.78 bits per heavy atom. The highest BCUT2D eigenvalue weighted by atomic mass is 16.5. The molecule has 0 fully saturated rings. The van der Waals surface area contributed by atoms with Crippen molar-refractivity contribution in [2.75, 3.05) is 0 Å². The number of carbonyl (C=O) groups excluding carboxylic acids is 1.